The molecule has 4 heteroatoms. The maximum Gasteiger partial charge on any atom is 0.234 e. The highest BCUT2D eigenvalue weighted by Gasteiger charge is 2.04. The van der Waals surface area contributed by atoms with Crippen molar-refractivity contribution in [1.82, 2.24) is 0 Å². The van der Waals surface area contributed by atoms with Crippen molar-refractivity contribution in [3.63, 3.8) is 0 Å². The number of amides is 1. The third-order valence-corrected chi connectivity index (χ3v) is 3.74. The molecular weight excluding hydrogens is 270 g/mol. The van der Waals surface area contributed by atoms with Gasteiger partial charge in [0.2, 0.25) is 5.91 Å². The van der Waals surface area contributed by atoms with Crippen LogP contribution in [-0.2, 0) is 4.79 Å². The van der Waals surface area contributed by atoms with Crippen LogP contribution in [-0.4, -0.2) is 18.8 Å². The fourth-order valence-electron chi connectivity index (χ4n) is 1.67. The van der Waals surface area contributed by atoms with E-state index in [1.165, 1.54) is 17.3 Å². The van der Waals surface area contributed by atoms with Gasteiger partial charge >= 0.3 is 0 Å². The Morgan fingerprint density at radius 1 is 1.20 bits per heavy atom. The van der Waals surface area contributed by atoms with E-state index in [0.29, 0.717) is 5.75 Å². The second-order valence-corrected chi connectivity index (χ2v) is 5.43. The summed E-state index contributed by atoms with van der Waals surface area (Å²) in [5.41, 5.74) is 2.00. The van der Waals surface area contributed by atoms with Crippen LogP contribution in [0.3, 0.4) is 0 Å². The number of anilines is 1. The summed E-state index contributed by atoms with van der Waals surface area (Å²) >= 11 is 1.49. The Bertz CT molecular complexity index is 581. The van der Waals surface area contributed by atoms with E-state index in [0.717, 1.165) is 16.3 Å². The highest BCUT2D eigenvalue weighted by Crippen LogP contribution is 2.22. The van der Waals surface area contributed by atoms with Crippen LogP contribution in [0.4, 0.5) is 5.69 Å². The second-order valence-electron chi connectivity index (χ2n) is 4.38. The Hall–Kier alpha value is -1.94. The van der Waals surface area contributed by atoms with Crippen LogP contribution in [0, 0.1) is 6.92 Å². The summed E-state index contributed by atoms with van der Waals surface area (Å²) in [6, 6.07) is 15.5. The first-order valence-corrected chi connectivity index (χ1v) is 7.29. The molecule has 0 fully saturated rings. The van der Waals surface area contributed by atoms with Crippen LogP contribution >= 0.6 is 11.8 Å². The zero-order valence-electron chi connectivity index (χ0n) is 11.6. The Morgan fingerprint density at radius 3 is 2.65 bits per heavy atom. The minimum atomic E-state index is -0.0123. The maximum absolute atomic E-state index is 11.9. The van der Waals surface area contributed by atoms with Crippen molar-refractivity contribution >= 4 is 23.4 Å². The van der Waals surface area contributed by atoms with Crippen molar-refractivity contribution in [1.29, 1.82) is 0 Å². The zero-order chi connectivity index (χ0) is 14.4. The number of aryl methyl sites for hydroxylation is 1. The van der Waals surface area contributed by atoms with Gasteiger partial charge in [-0.3, -0.25) is 4.79 Å². The van der Waals surface area contributed by atoms with E-state index < -0.39 is 0 Å². The first-order chi connectivity index (χ1) is 9.67. The summed E-state index contributed by atoms with van der Waals surface area (Å²) in [6.45, 7) is 2.02. The van der Waals surface area contributed by atoms with Crippen LogP contribution in [0.2, 0.25) is 0 Å². The molecule has 20 heavy (non-hydrogen) atoms. The van der Waals surface area contributed by atoms with Crippen LogP contribution in [0.15, 0.2) is 53.4 Å². The maximum atomic E-state index is 11.9. The summed E-state index contributed by atoms with van der Waals surface area (Å²) < 4.78 is 5.15. The standard InChI is InChI=1S/C16H17NO2S/c1-12-6-8-13(9-7-12)17-16(18)11-20-15-5-3-4-14(10-15)19-2/h3-10H,11H2,1-2H3,(H,17,18). The van der Waals surface area contributed by atoms with Crippen molar-refractivity contribution in [2.24, 2.45) is 0 Å². The third kappa shape index (κ3) is 4.31. The lowest BCUT2D eigenvalue weighted by atomic mass is 10.2. The minimum Gasteiger partial charge on any atom is -0.497 e. The third-order valence-electron chi connectivity index (χ3n) is 2.75. The molecule has 3 nitrogen and oxygen atoms in total. The van der Waals surface area contributed by atoms with Gasteiger partial charge in [0, 0.05) is 10.6 Å². The van der Waals surface area contributed by atoms with Crippen LogP contribution in [0.1, 0.15) is 5.56 Å². The highest BCUT2D eigenvalue weighted by atomic mass is 32.2. The first kappa shape index (κ1) is 14.5. The number of ether oxygens (including phenoxy) is 1. The van der Waals surface area contributed by atoms with Gasteiger partial charge in [-0.2, -0.15) is 0 Å². The molecule has 0 aromatic heterocycles. The summed E-state index contributed by atoms with van der Waals surface area (Å²) in [4.78, 5) is 12.9. The summed E-state index contributed by atoms with van der Waals surface area (Å²) in [5.74, 6) is 1.16. The monoisotopic (exact) mass is 287 g/mol. The van der Waals surface area contributed by atoms with E-state index in [1.807, 2.05) is 55.5 Å². The largest absolute Gasteiger partial charge is 0.497 e. The SMILES string of the molecule is COc1cccc(SCC(=O)Nc2ccc(C)cc2)c1. The molecule has 1 N–H and O–H groups in total. The number of thioether (sulfide) groups is 1. The fraction of sp³-hybridized carbons (Fsp3) is 0.188. The molecule has 0 saturated heterocycles. The minimum absolute atomic E-state index is 0.0123. The Kier molecular flexibility index (Phi) is 5.07. The molecule has 0 saturated carbocycles. The summed E-state index contributed by atoms with van der Waals surface area (Å²) in [6.07, 6.45) is 0. The highest BCUT2D eigenvalue weighted by molar-refractivity contribution is 8.00. The van der Waals surface area contributed by atoms with Gasteiger partial charge in [0.25, 0.3) is 0 Å². The van der Waals surface area contributed by atoms with E-state index >= 15 is 0 Å². The lowest BCUT2D eigenvalue weighted by molar-refractivity contribution is -0.113. The molecule has 0 bridgehead atoms. The van der Waals surface area contributed by atoms with E-state index in [9.17, 15) is 4.79 Å². The van der Waals surface area contributed by atoms with Crippen LogP contribution in [0.5, 0.6) is 5.75 Å². The molecule has 0 unspecified atom stereocenters. The number of rotatable bonds is 5. The summed E-state index contributed by atoms with van der Waals surface area (Å²) in [5, 5.41) is 2.88. The molecule has 0 atom stereocenters. The average Bonchev–Trinajstić information content (AvgIpc) is 2.48. The van der Waals surface area contributed by atoms with E-state index in [4.69, 9.17) is 4.74 Å². The summed E-state index contributed by atoms with van der Waals surface area (Å²) in [7, 11) is 1.63. The number of hydrogen-bond donors (Lipinski definition) is 1. The number of methoxy groups -OCH3 is 1. The molecule has 0 heterocycles. The molecule has 104 valence electrons. The first-order valence-electron chi connectivity index (χ1n) is 6.31. The molecule has 2 aromatic carbocycles. The van der Waals surface area contributed by atoms with Gasteiger partial charge in [-0.25, -0.2) is 0 Å². The lowest BCUT2D eigenvalue weighted by Gasteiger charge is -2.06. The van der Waals surface area contributed by atoms with Gasteiger partial charge in [-0.15, -0.1) is 11.8 Å². The van der Waals surface area contributed by atoms with Crippen molar-refractivity contribution < 1.29 is 9.53 Å². The number of carbonyl (C=O) groups excluding carboxylic acids is 1. The molecular formula is C16H17NO2S. The number of benzene rings is 2. The van der Waals surface area contributed by atoms with Crippen LogP contribution < -0.4 is 10.1 Å². The van der Waals surface area contributed by atoms with Gasteiger partial charge in [-0.1, -0.05) is 23.8 Å². The van der Waals surface area contributed by atoms with Crippen molar-refractivity contribution in [2.45, 2.75) is 11.8 Å². The second kappa shape index (κ2) is 7.01. The van der Waals surface area contributed by atoms with Crippen molar-refractivity contribution in [3.8, 4) is 5.75 Å². The molecule has 0 spiro atoms. The predicted octanol–water partition coefficient (Wildman–Crippen LogP) is 3.73. The van der Waals surface area contributed by atoms with Crippen LogP contribution in [0.25, 0.3) is 0 Å². The van der Waals surface area contributed by atoms with Gasteiger partial charge < -0.3 is 10.1 Å². The zero-order valence-corrected chi connectivity index (χ0v) is 12.4. The predicted molar refractivity (Wildman–Crippen MR) is 83.5 cm³/mol. The fourth-order valence-corrected chi connectivity index (χ4v) is 2.42. The Labute approximate surface area is 123 Å². The molecule has 2 rings (SSSR count). The van der Waals surface area contributed by atoms with E-state index in [1.54, 1.807) is 7.11 Å². The molecule has 0 aliphatic carbocycles. The molecule has 0 aliphatic heterocycles. The van der Waals surface area contributed by atoms with Gasteiger partial charge in [0.05, 0.1) is 12.9 Å². The topological polar surface area (TPSA) is 38.3 Å². The van der Waals surface area contributed by atoms with Gasteiger partial charge in [-0.05, 0) is 37.3 Å². The number of nitrogens with one attached hydrogen (secondary N) is 1. The molecule has 2 aromatic rings. The molecule has 0 aliphatic rings. The number of carbonyl (C=O) groups is 1. The lowest BCUT2D eigenvalue weighted by Crippen LogP contribution is -2.13. The normalized spacial score (nSPS) is 10.1. The van der Waals surface area contributed by atoms with E-state index in [2.05, 4.69) is 5.32 Å². The van der Waals surface area contributed by atoms with E-state index in [-0.39, 0.29) is 5.91 Å². The Balaban J connectivity index is 1.87. The quantitative estimate of drug-likeness (QED) is 0.851. The molecule has 0 radical (unpaired) electrons. The van der Waals surface area contributed by atoms with Crippen molar-refractivity contribution in [2.75, 3.05) is 18.2 Å². The van der Waals surface area contributed by atoms with Gasteiger partial charge in [0.1, 0.15) is 5.75 Å². The Morgan fingerprint density at radius 2 is 1.95 bits per heavy atom. The average molecular weight is 287 g/mol. The smallest absolute Gasteiger partial charge is 0.234 e. The van der Waals surface area contributed by atoms with Crippen molar-refractivity contribution in [3.05, 3.63) is 54.1 Å². The molecule has 1 amide bonds. The number of hydrogen-bond acceptors (Lipinski definition) is 3. The van der Waals surface area contributed by atoms with Gasteiger partial charge in [0.15, 0.2) is 0 Å².